The Labute approximate surface area is 189 Å². The summed E-state index contributed by atoms with van der Waals surface area (Å²) in [5.74, 6) is 1.60. The van der Waals surface area contributed by atoms with Crippen molar-refractivity contribution in [3.8, 4) is 5.75 Å². The average molecular weight is 513 g/mol. The number of anilines is 1. The Morgan fingerprint density at radius 1 is 1.24 bits per heavy atom. The van der Waals surface area contributed by atoms with Gasteiger partial charge in [-0.15, -0.1) is 24.0 Å². The first-order valence-corrected chi connectivity index (χ1v) is 9.71. The maximum absolute atomic E-state index is 13.7. The molecule has 1 aromatic heterocycles. The second-order valence-corrected chi connectivity index (χ2v) is 6.88. The monoisotopic (exact) mass is 513 g/mol. The number of nitrogens with one attached hydrogen (secondary N) is 2. The van der Waals surface area contributed by atoms with Crippen LogP contribution in [0.4, 0.5) is 10.2 Å². The minimum atomic E-state index is -0.358. The van der Waals surface area contributed by atoms with Gasteiger partial charge in [-0.05, 0) is 49.6 Å². The van der Waals surface area contributed by atoms with E-state index in [2.05, 4.69) is 31.6 Å². The van der Waals surface area contributed by atoms with Crippen molar-refractivity contribution < 1.29 is 9.13 Å². The fraction of sp³-hybridized carbons (Fsp3) is 0.429. The van der Waals surface area contributed by atoms with Crippen molar-refractivity contribution in [3.63, 3.8) is 0 Å². The molecule has 1 aromatic carbocycles. The van der Waals surface area contributed by atoms with Crippen molar-refractivity contribution in [3.05, 3.63) is 54.0 Å². The molecule has 0 saturated carbocycles. The SMILES string of the molecule is CN=C(NCc1ccnc(N2CCCC2)c1)NCC(C)Oc1ccccc1F.I. The summed E-state index contributed by atoms with van der Waals surface area (Å²) in [5, 5.41) is 6.51. The number of pyridine rings is 1. The molecule has 1 unspecified atom stereocenters. The third-order valence-electron chi connectivity index (χ3n) is 4.65. The molecule has 1 fully saturated rings. The van der Waals surface area contributed by atoms with E-state index in [1.165, 1.54) is 18.9 Å². The van der Waals surface area contributed by atoms with Crippen LogP contribution in [0, 0.1) is 5.82 Å². The van der Waals surface area contributed by atoms with E-state index < -0.39 is 0 Å². The summed E-state index contributed by atoms with van der Waals surface area (Å²) in [6.07, 6.45) is 4.10. The van der Waals surface area contributed by atoms with Crippen LogP contribution in [0.1, 0.15) is 25.3 Å². The fourth-order valence-corrected chi connectivity index (χ4v) is 3.14. The smallest absolute Gasteiger partial charge is 0.191 e. The highest BCUT2D eigenvalue weighted by atomic mass is 127. The van der Waals surface area contributed by atoms with Gasteiger partial charge in [0.25, 0.3) is 0 Å². The molecule has 0 amide bonds. The summed E-state index contributed by atoms with van der Waals surface area (Å²) < 4.78 is 19.3. The number of guanidine groups is 1. The number of halogens is 2. The normalized spacial score (nSPS) is 14.9. The number of aromatic nitrogens is 1. The van der Waals surface area contributed by atoms with Crippen LogP contribution >= 0.6 is 24.0 Å². The lowest BCUT2D eigenvalue weighted by Crippen LogP contribution is -2.41. The van der Waals surface area contributed by atoms with Crippen molar-refractivity contribution >= 4 is 35.8 Å². The van der Waals surface area contributed by atoms with Gasteiger partial charge in [0.1, 0.15) is 11.9 Å². The zero-order valence-electron chi connectivity index (χ0n) is 16.9. The van der Waals surface area contributed by atoms with Crippen molar-refractivity contribution in [2.75, 3.05) is 31.6 Å². The quantitative estimate of drug-likeness (QED) is 0.337. The Kier molecular flexibility index (Phi) is 9.43. The highest BCUT2D eigenvalue weighted by molar-refractivity contribution is 14.0. The molecule has 2 heterocycles. The maximum atomic E-state index is 13.7. The number of hydrogen-bond acceptors (Lipinski definition) is 4. The van der Waals surface area contributed by atoms with Crippen LogP contribution in [0.3, 0.4) is 0 Å². The first-order chi connectivity index (χ1) is 13.7. The third-order valence-corrected chi connectivity index (χ3v) is 4.65. The molecule has 0 aliphatic carbocycles. The minimum Gasteiger partial charge on any atom is -0.486 e. The lowest BCUT2D eigenvalue weighted by Gasteiger charge is -2.19. The van der Waals surface area contributed by atoms with Gasteiger partial charge >= 0.3 is 0 Å². The molecule has 0 radical (unpaired) electrons. The van der Waals surface area contributed by atoms with E-state index in [1.807, 2.05) is 19.2 Å². The van der Waals surface area contributed by atoms with Crippen LogP contribution in [-0.2, 0) is 6.54 Å². The highest BCUT2D eigenvalue weighted by Crippen LogP contribution is 2.18. The van der Waals surface area contributed by atoms with Gasteiger partial charge in [0.05, 0.1) is 6.54 Å². The number of ether oxygens (including phenoxy) is 1. The standard InChI is InChI=1S/C21H28FN5O.HI/c1-16(28-19-8-4-3-7-18(19)22)14-25-21(23-2)26-15-17-9-10-24-20(13-17)27-11-5-6-12-27;/h3-4,7-10,13,16H,5-6,11-12,14-15H2,1-2H3,(H2,23,25,26);1H. The topological polar surface area (TPSA) is 61.8 Å². The van der Waals surface area contributed by atoms with Crippen LogP contribution in [0.5, 0.6) is 5.75 Å². The molecule has 29 heavy (non-hydrogen) atoms. The number of hydrogen-bond donors (Lipinski definition) is 2. The number of para-hydroxylation sites is 1. The molecule has 2 aromatic rings. The molecule has 2 N–H and O–H groups in total. The summed E-state index contributed by atoms with van der Waals surface area (Å²) in [4.78, 5) is 11.0. The Morgan fingerprint density at radius 2 is 2.00 bits per heavy atom. The predicted octanol–water partition coefficient (Wildman–Crippen LogP) is 3.57. The molecule has 8 heteroatoms. The molecular weight excluding hydrogens is 484 g/mol. The van der Waals surface area contributed by atoms with Gasteiger partial charge in [0, 0.05) is 32.9 Å². The molecule has 1 aliphatic rings. The van der Waals surface area contributed by atoms with Gasteiger partial charge in [0.15, 0.2) is 17.5 Å². The number of aliphatic imine (C=N–C) groups is 1. The molecule has 0 spiro atoms. The summed E-state index contributed by atoms with van der Waals surface area (Å²) in [5.41, 5.74) is 1.15. The van der Waals surface area contributed by atoms with Crippen LogP contribution in [0.2, 0.25) is 0 Å². The Morgan fingerprint density at radius 3 is 2.72 bits per heavy atom. The van der Waals surface area contributed by atoms with Crippen molar-refractivity contribution in [2.45, 2.75) is 32.4 Å². The van der Waals surface area contributed by atoms with Gasteiger partial charge in [0.2, 0.25) is 0 Å². The molecule has 1 saturated heterocycles. The predicted molar refractivity (Wildman–Crippen MR) is 126 cm³/mol. The van der Waals surface area contributed by atoms with Crippen LogP contribution < -0.4 is 20.3 Å². The lowest BCUT2D eigenvalue weighted by molar-refractivity contribution is 0.214. The molecule has 1 aliphatic heterocycles. The van der Waals surface area contributed by atoms with Gasteiger partial charge in [-0.25, -0.2) is 9.37 Å². The van der Waals surface area contributed by atoms with Crippen LogP contribution in [0.25, 0.3) is 0 Å². The van der Waals surface area contributed by atoms with E-state index in [9.17, 15) is 4.39 Å². The molecule has 6 nitrogen and oxygen atoms in total. The Hall–Kier alpha value is -2.10. The molecular formula is C21H29FIN5O. The van der Waals surface area contributed by atoms with Gasteiger partial charge < -0.3 is 20.3 Å². The molecule has 3 rings (SSSR count). The van der Waals surface area contributed by atoms with Crippen molar-refractivity contribution in [1.82, 2.24) is 15.6 Å². The summed E-state index contributed by atoms with van der Waals surface area (Å²) in [6.45, 7) is 5.19. The zero-order chi connectivity index (χ0) is 19.8. The van der Waals surface area contributed by atoms with Crippen molar-refractivity contribution in [1.29, 1.82) is 0 Å². The van der Waals surface area contributed by atoms with Crippen molar-refractivity contribution in [2.24, 2.45) is 4.99 Å². The minimum absolute atomic E-state index is 0. The lowest BCUT2D eigenvalue weighted by atomic mass is 10.2. The fourth-order valence-electron chi connectivity index (χ4n) is 3.14. The second-order valence-electron chi connectivity index (χ2n) is 6.88. The summed E-state index contributed by atoms with van der Waals surface area (Å²) in [6, 6.07) is 10.5. The summed E-state index contributed by atoms with van der Waals surface area (Å²) >= 11 is 0. The largest absolute Gasteiger partial charge is 0.486 e. The number of benzene rings is 1. The average Bonchev–Trinajstić information content (AvgIpc) is 3.25. The Balaban J connectivity index is 0.00000300. The zero-order valence-corrected chi connectivity index (χ0v) is 19.2. The molecule has 158 valence electrons. The first-order valence-electron chi connectivity index (χ1n) is 9.71. The first kappa shape index (κ1) is 23.2. The van der Waals surface area contributed by atoms with Crippen LogP contribution in [-0.4, -0.2) is 43.7 Å². The number of nitrogens with zero attached hydrogens (tertiary/aromatic N) is 3. The maximum Gasteiger partial charge on any atom is 0.191 e. The second kappa shape index (κ2) is 11.8. The third kappa shape index (κ3) is 7.02. The van der Waals surface area contributed by atoms with Gasteiger partial charge in [-0.3, -0.25) is 4.99 Å². The van der Waals surface area contributed by atoms with Gasteiger partial charge in [-0.1, -0.05) is 12.1 Å². The molecule has 0 bridgehead atoms. The Bertz CT molecular complexity index is 798. The van der Waals surface area contributed by atoms with Crippen LogP contribution in [0.15, 0.2) is 47.6 Å². The highest BCUT2D eigenvalue weighted by Gasteiger charge is 2.14. The van der Waals surface area contributed by atoms with E-state index in [0.29, 0.717) is 19.0 Å². The van der Waals surface area contributed by atoms with E-state index in [4.69, 9.17) is 4.74 Å². The number of rotatable bonds is 7. The van der Waals surface area contributed by atoms with E-state index in [-0.39, 0.29) is 41.6 Å². The summed E-state index contributed by atoms with van der Waals surface area (Å²) in [7, 11) is 1.72. The van der Waals surface area contributed by atoms with E-state index in [1.54, 1.807) is 25.2 Å². The molecule has 1 atom stereocenters. The van der Waals surface area contributed by atoms with E-state index >= 15 is 0 Å². The van der Waals surface area contributed by atoms with E-state index in [0.717, 1.165) is 24.5 Å². The van der Waals surface area contributed by atoms with Gasteiger partial charge in [-0.2, -0.15) is 0 Å².